The third-order valence-electron chi connectivity index (χ3n) is 2.16. The highest BCUT2D eigenvalue weighted by Crippen LogP contribution is 2.21. The van der Waals surface area contributed by atoms with Gasteiger partial charge in [0.15, 0.2) is 0 Å². The predicted molar refractivity (Wildman–Crippen MR) is 43.5 cm³/mol. The van der Waals surface area contributed by atoms with Gasteiger partial charge in [-0.2, -0.15) is 0 Å². The molecule has 0 aromatic rings. The largest absolute Gasteiger partial charge is 0.468 e. The Morgan fingerprint density at radius 1 is 1.77 bits per heavy atom. The molecule has 1 aliphatic rings. The topological polar surface area (TPSA) is 66.8 Å². The first-order valence-electron chi connectivity index (χ1n) is 4.11. The summed E-state index contributed by atoms with van der Waals surface area (Å²) in [5.74, 6) is -0.918. The summed E-state index contributed by atoms with van der Waals surface area (Å²) in [6.45, 7) is 1.56. The fourth-order valence-corrected chi connectivity index (χ4v) is 1.36. The standard InChI is InChI=1S/C8H13NO4/c1-5-3-6(10)9(8(5)12)4-7(11)13-2/h5-6,10H,3-4H2,1-2H3. The summed E-state index contributed by atoms with van der Waals surface area (Å²) in [6.07, 6.45) is -0.461. The van der Waals surface area contributed by atoms with Crippen LogP contribution in [0, 0.1) is 5.92 Å². The van der Waals surface area contributed by atoms with E-state index < -0.39 is 12.2 Å². The van der Waals surface area contributed by atoms with Crippen molar-refractivity contribution < 1.29 is 19.4 Å². The Labute approximate surface area is 76.3 Å². The Morgan fingerprint density at radius 3 is 2.77 bits per heavy atom. The minimum absolute atomic E-state index is 0.166. The maximum absolute atomic E-state index is 11.3. The van der Waals surface area contributed by atoms with Crippen LogP contribution >= 0.6 is 0 Å². The summed E-state index contributed by atoms with van der Waals surface area (Å²) in [4.78, 5) is 23.3. The van der Waals surface area contributed by atoms with Gasteiger partial charge >= 0.3 is 5.97 Å². The minimum Gasteiger partial charge on any atom is -0.468 e. The molecule has 1 rings (SSSR count). The van der Waals surface area contributed by atoms with Crippen molar-refractivity contribution in [2.45, 2.75) is 19.6 Å². The molecule has 2 unspecified atom stereocenters. The molecule has 0 bridgehead atoms. The molecule has 0 aromatic heterocycles. The van der Waals surface area contributed by atoms with E-state index in [0.29, 0.717) is 6.42 Å². The zero-order valence-corrected chi connectivity index (χ0v) is 7.69. The molecule has 5 nitrogen and oxygen atoms in total. The Hall–Kier alpha value is -1.10. The average molecular weight is 187 g/mol. The van der Waals surface area contributed by atoms with E-state index in [9.17, 15) is 14.7 Å². The van der Waals surface area contributed by atoms with Crippen molar-refractivity contribution in [3.63, 3.8) is 0 Å². The molecule has 13 heavy (non-hydrogen) atoms. The number of hydrogen-bond donors (Lipinski definition) is 1. The van der Waals surface area contributed by atoms with Crippen LogP contribution in [0.2, 0.25) is 0 Å². The molecule has 2 atom stereocenters. The van der Waals surface area contributed by atoms with E-state index in [1.807, 2.05) is 0 Å². The molecule has 1 fully saturated rings. The summed E-state index contributed by atoms with van der Waals surface area (Å²) < 4.78 is 4.40. The van der Waals surface area contributed by atoms with Gasteiger partial charge in [-0.1, -0.05) is 6.92 Å². The van der Waals surface area contributed by atoms with Crippen molar-refractivity contribution in [3.05, 3.63) is 0 Å². The van der Waals surface area contributed by atoms with Gasteiger partial charge in [0.25, 0.3) is 0 Å². The lowest BCUT2D eigenvalue weighted by Gasteiger charge is -2.18. The zero-order valence-electron chi connectivity index (χ0n) is 7.69. The molecule has 1 N–H and O–H groups in total. The quantitative estimate of drug-likeness (QED) is 0.583. The number of likely N-dealkylation sites (tertiary alicyclic amines) is 1. The van der Waals surface area contributed by atoms with Gasteiger partial charge in [-0.25, -0.2) is 0 Å². The van der Waals surface area contributed by atoms with Crippen molar-refractivity contribution in [1.82, 2.24) is 4.90 Å². The molecule has 1 saturated heterocycles. The number of carbonyl (C=O) groups is 2. The molecule has 0 radical (unpaired) electrons. The second-order valence-electron chi connectivity index (χ2n) is 3.16. The normalized spacial score (nSPS) is 27.9. The highest BCUT2D eigenvalue weighted by atomic mass is 16.5. The van der Waals surface area contributed by atoms with E-state index in [1.54, 1.807) is 6.92 Å². The van der Waals surface area contributed by atoms with Crippen LogP contribution < -0.4 is 0 Å². The molecule has 0 aromatic carbocycles. The number of amides is 1. The number of hydrogen-bond acceptors (Lipinski definition) is 4. The first kappa shape index (κ1) is 9.98. The van der Waals surface area contributed by atoms with Gasteiger partial charge in [0.1, 0.15) is 12.8 Å². The fraction of sp³-hybridized carbons (Fsp3) is 0.750. The summed E-state index contributed by atoms with van der Waals surface area (Å²) in [5.41, 5.74) is 0. The van der Waals surface area contributed by atoms with E-state index in [4.69, 9.17) is 0 Å². The monoisotopic (exact) mass is 187 g/mol. The lowest BCUT2D eigenvalue weighted by Crippen LogP contribution is -2.38. The van der Waals surface area contributed by atoms with Crippen LogP contribution in [0.15, 0.2) is 0 Å². The van der Waals surface area contributed by atoms with E-state index in [-0.39, 0.29) is 18.4 Å². The van der Waals surface area contributed by atoms with E-state index in [1.165, 1.54) is 7.11 Å². The Balaban J connectivity index is 2.59. The molecule has 5 heteroatoms. The third kappa shape index (κ3) is 1.98. The van der Waals surface area contributed by atoms with Crippen LogP contribution in [0.3, 0.4) is 0 Å². The molecular weight excluding hydrogens is 174 g/mol. The van der Waals surface area contributed by atoms with Crippen LogP contribution in [0.5, 0.6) is 0 Å². The lowest BCUT2D eigenvalue weighted by molar-refractivity contribution is -0.150. The van der Waals surface area contributed by atoms with Gasteiger partial charge in [-0.05, 0) is 0 Å². The van der Waals surface area contributed by atoms with Gasteiger partial charge < -0.3 is 14.7 Å². The van der Waals surface area contributed by atoms with Crippen molar-refractivity contribution in [2.75, 3.05) is 13.7 Å². The first-order chi connectivity index (χ1) is 6.06. The molecule has 74 valence electrons. The van der Waals surface area contributed by atoms with E-state index in [0.717, 1.165) is 4.90 Å². The first-order valence-corrected chi connectivity index (χ1v) is 4.11. The van der Waals surface area contributed by atoms with Gasteiger partial charge in [-0.3, -0.25) is 9.59 Å². The Bertz CT molecular complexity index is 228. The highest BCUT2D eigenvalue weighted by Gasteiger charge is 2.36. The van der Waals surface area contributed by atoms with Crippen molar-refractivity contribution in [1.29, 1.82) is 0 Å². The Morgan fingerprint density at radius 2 is 2.38 bits per heavy atom. The van der Waals surface area contributed by atoms with Crippen LogP contribution in [0.1, 0.15) is 13.3 Å². The maximum Gasteiger partial charge on any atom is 0.325 e. The molecule has 1 amide bonds. The number of carbonyl (C=O) groups excluding carboxylic acids is 2. The van der Waals surface area contributed by atoms with E-state index >= 15 is 0 Å². The zero-order chi connectivity index (χ0) is 10.0. The fourth-order valence-electron chi connectivity index (χ4n) is 1.36. The molecule has 1 aliphatic heterocycles. The van der Waals surface area contributed by atoms with Crippen LogP contribution in [0.25, 0.3) is 0 Å². The molecular formula is C8H13NO4. The van der Waals surface area contributed by atoms with Gasteiger partial charge in [0.05, 0.1) is 7.11 Å². The minimum atomic E-state index is -0.846. The van der Waals surface area contributed by atoms with Crippen molar-refractivity contribution in [2.24, 2.45) is 5.92 Å². The molecule has 1 heterocycles. The number of aliphatic hydroxyl groups excluding tert-OH is 1. The number of esters is 1. The molecule has 0 spiro atoms. The van der Waals surface area contributed by atoms with Crippen LogP contribution in [0.4, 0.5) is 0 Å². The number of aliphatic hydroxyl groups is 1. The van der Waals surface area contributed by atoms with E-state index in [2.05, 4.69) is 4.74 Å². The van der Waals surface area contributed by atoms with Crippen molar-refractivity contribution in [3.8, 4) is 0 Å². The molecule has 0 aliphatic carbocycles. The smallest absolute Gasteiger partial charge is 0.325 e. The SMILES string of the molecule is COC(=O)CN1C(=O)C(C)CC1O. The maximum atomic E-state index is 11.3. The average Bonchev–Trinajstić information content (AvgIpc) is 2.32. The second-order valence-corrected chi connectivity index (χ2v) is 3.16. The summed E-state index contributed by atoms with van der Waals surface area (Å²) in [5, 5.41) is 9.37. The predicted octanol–water partition coefficient (Wildman–Crippen LogP) is -0.654. The second kappa shape index (κ2) is 3.74. The van der Waals surface area contributed by atoms with Gasteiger partial charge in [0, 0.05) is 12.3 Å². The van der Waals surface area contributed by atoms with Gasteiger partial charge in [-0.15, -0.1) is 0 Å². The van der Waals surface area contributed by atoms with Crippen molar-refractivity contribution >= 4 is 11.9 Å². The lowest BCUT2D eigenvalue weighted by atomic mass is 10.1. The number of rotatable bonds is 2. The summed E-state index contributed by atoms with van der Waals surface area (Å²) in [6, 6.07) is 0. The summed E-state index contributed by atoms with van der Waals surface area (Å²) >= 11 is 0. The molecule has 0 saturated carbocycles. The van der Waals surface area contributed by atoms with Gasteiger partial charge in [0.2, 0.25) is 5.91 Å². The third-order valence-corrected chi connectivity index (χ3v) is 2.16. The number of nitrogens with zero attached hydrogens (tertiary/aromatic N) is 1. The number of methoxy groups -OCH3 is 1. The Kier molecular flexibility index (Phi) is 2.87. The van der Waals surface area contributed by atoms with Crippen LogP contribution in [-0.4, -0.2) is 41.8 Å². The number of ether oxygens (including phenoxy) is 1. The highest BCUT2D eigenvalue weighted by molar-refractivity contribution is 5.85. The summed E-state index contributed by atoms with van der Waals surface area (Å²) in [7, 11) is 1.25. The van der Waals surface area contributed by atoms with Crippen LogP contribution in [-0.2, 0) is 14.3 Å².